The second-order valence-electron chi connectivity index (χ2n) is 17.3. The van der Waals surface area contributed by atoms with E-state index in [1.54, 1.807) is 0 Å². The zero-order valence-electron chi connectivity index (χ0n) is 33.0. The van der Waals surface area contributed by atoms with Crippen LogP contribution in [0.4, 0.5) is 34.1 Å². The molecule has 0 heterocycles. The van der Waals surface area contributed by atoms with Crippen LogP contribution in [0, 0.1) is 0 Å². The molecule has 9 rings (SSSR count). The first-order chi connectivity index (χ1) is 26.5. The van der Waals surface area contributed by atoms with Crippen LogP contribution in [-0.4, -0.2) is 0 Å². The van der Waals surface area contributed by atoms with Gasteiger partial charge in [0.2, 0.25) is 0 Å². The molecule has 0 saturated carbocycles. The van der Waals surface area contributed by atoms with Crippen LogP contribution in [0.3, 0.4) is 0 Å². The van der Waals surface area contributed by atoms with Gasteiger partial charge in [0, 0.05) is 39.4 Å². The second-order valence-corrected chi connectivity index (χ2v) is 17.3. The number of rotatable bonds is 7. The molecule has 0 unspecified atom stereocenters. The number of nitrogens with zero attached hydrogens (tertiary/aromatic N) is 2. The Labute approximate surface area is 327 Å². The minimum absolute atomic E-state index is 0.0657. The fraction of sp³-hybridized carbons (Fsp3) is 0.208. The summed E-state index contributed by atoms with van der Waals surface area (Å²) in [7, 11) is 0. The van der Waals surface area contributed by atoms with Gasteiger partial charge in [-0.3, -0.25) is 0 Å². The molecule has 0 aromatic heterocycles. The van der Waals surface area contributed by atoms with Crippen LogP contribution >= 0.6 is 0 Å². The highest BCUT2D eigenvalue weighted by Crippen LogP contribution is 2.54. The molecule has 2 nitrogen and oxygen atoms in total. The van der Waals surface area contributed by atoms with Crippen molar-refractivity contribution >= 4 is 34.1 Å². The van der Waals surface area contributed by atoms with E-state index in [0.29, 0.717) is 0 Å². The molecule has 0 spiro atoms. The van der Waals surface area contributed by atoms with Crippen molar-refractivity contribution in [2.75, 3.05) is 9.80 Å². The first kappa shape index (κ1) is 34.9. The summed E-state index contributed by atoms with van der Waals surface area (Å²) in [6, 6.07) is 62.6. The van der Waals surface area contributed by atoms with Crippen molar-refractivity contribution in [3.05, 3.63) is 192 Å². The number of benzene rings is 7. The van der Waals surface area contributed by atoms with E-state index in [9.17, 15) is 0 Å². The molecule has 0 N–H and O–H groups in total. The van der Waals surface area contributed by atoms with Crippen LogP contribution in [0.25, 0.3) is 22.3 Å². The molecule has 0 atom stereocenters. The Bertz CT molecular complexity index is 2490. The zero-order valence-corrected chi connectivity index (χ0v) is 33.0. The largest absolute Gasteiger partial charge is 0.310 e. The maximum atomic E-state index is 2.45. The van der Waals surface area contributed by atoms with E-state index in [1.165, 1.54) is 68.7 Å². The van der Waals surface area contributed by atoms with Gasteiger partial charge in [-0.05, 0) is 129 Å². The Morgan fingerprint density at radius 1 is 0.364 bits per heavy atom. The number of hydrogen-bond acceptors (Lipinski definition) is 2. The van der Waals surface area contributed by atoms with Crippen molar-refractivity contribution in [3.8, 4) is 22.3 Å². The summed E-state index contributed by atoms with van der Waals surface area (Å²) in [6.07, 6.45) is 2.40. The van der Waals surface area contributed by atoms with Crippen LogP contribution in [0.2, 0.25) is 0 Å². The topological polar surface area (TPSA) is 6.48 Å². The van der Waals surface area contributed by atoms with E-state index in [0.717, 1.165) is 22.7 Å². The smallest absolute Gasteiger partial charge is 0.0543 e. The summed E-state index contributed by atoms with van der Waals surface area (Å²) in [5.74, 6) is 0. The van der Waals surface area contributed by atoms with Crippen molar-refractivity contribution in [1.29, 1.82) is 0 Å². The highest BCUT2D eigenvalue weighted by Gasteiger charge is 2.39. The van der Waals surface area contributed by atoms with Gasteiger partial charge < -0.3 is 9.80 Å². The summed E-state index contributed by atoms with van der Waals surface area (Å²) in [5, 5.41) is 0. The van der Waals surface area contributed by atoms with Crippen LogP contribution in [0.1, 0.15) is 76.6 Å². The predicted octanol–water partition coefficient (Wildman–Crippen LogP) is 14.9. The molecular formula is C53H50N2. The molecule has 0 aliphatic heterocycles. The quantitative estimate of drug-likeness (QED) is 0.162. The highest BCUT2D eigenvalue weighted by atomic mass is 15.1. The summed E-state index contributed by atoms with van der Waals surface area (Å²) >= 11 is 0. The monoisotopic (exact) mass is 714 g/mol. The highest BCUT2D eigenvalue weighted by molar-refractivity contribution is 5.95. The average molecular weight is 715 g/mol. The maximum Gasteiger partial charge on any atom is 0.0543 e. The van der Waals surface area contributed by atoms with Gasteiger partial charge >= 0.3 is 0 Å². The zero-order chi connectivity index (χ0) is 38.0. The standard InChI is InChI=1S/C53H50N2/c1-51(2)34-35-52(3,4)48-36-43(32-33-46(48)51)54(39-16-9-7-10-17-39)41-28-24-37(25-29-41)38-26-30-42(31-27-38)55(40-18-11-8-12-19-40)49-23-15-22-47-50(49)44-20-13-14-21-45(44)53(47,5)6/h7-33,36H,34-35H2,1-6H3. The van der Waals surface area contributed by atoms with Crippen molar-refractivity contribution in [2.45, 2.75) is 70.6 Å². The van der Waals surface area contributed by atoms with Gasteiger partial charge in [0.15, 0.2) is 0 Å². The fourth-order valence-electron chi connectivity index (χ4n) is 9.27. The van der Waals surface area contributed by atoms with Crippen LogP contribution in [0.15, 0.2) is 170 Å². The molecule has 0 bridgehead atoms. The summed E-state index contributed by atoms with van der Waals surface area (Å²) in [6.45, 7) is 14.3. The Balaban J connectivity index is 1.08. The van der Waals surface area contributed by atoms with Gasteiger partial charge in [-0.15, -0.1) is 0 Å². The Kier molecular flexibility index (Phi) is 8.35. The Hall–Kier alpha value is -5.86. The van der Waals surface area contributed by atoms with Crippen molar-refractivity contribution < 1.29 is 0 Å². The SMILES string of the molecule is CC1(C)CCC(C)(C)c2cc(N(c3ccccc3)c3ccc(-c4ccc(N(c5ccccc5)c5cccc6c5-c5ccccc5C6(C)C)cc4)cc3)ccc21. The second kappa shape index (κ2) is 13.2. The number of hydrogen-bond donors (Lipinski definition) is 0. The van der Waals surface area contributed by atoms with E-state index in [2.05, 4.69) is 221 Å². The van der Waals surface area contributed by atoms with Gasteiger partial charge in [0.1, 0.15) is 0 Å². The lowest BCUT2D eigenvalue weighted by atomic mass is 9.63. The maximum absolute atomic E-state index is 2.45. The lowest BCUT2D eigenvalue weighted by Gasteiger charge is -2.42. The van der Waals surface area contributed by atoms with E-state index in [-0.39, 0.29) is 16.2 Å². The lowest BCUT2D eigenvalue weighted by Crippen LogP contribution is -2.34. The molecule has 55 heavy (non-hydrogen) atoms. The molecule has 0 saturated heterocycles. The molecule has 272 valence electrons. The molecule has 2 aliphatic rings. The number of para-hydroxylation sites is 2. The van der Waals surface area contributed by atoms with E-state index in [4.69, 9.17) is 0 Å². The molecule has 2 aliphatic carbocycles. The predicted molar refractivity (Wildman–Crippen MR) is 234 cm³/mol. The average Bonchev–Trinajstić information content (AvgIpc) is 3.45. The molecule has 0 fully saturated rings. The number of anilines is 6. The summed E-state index contributed by atoms with van der Waals surface area (Å²) < 4.78 is 0. The third-order valence-electron chi connectivity index (χ3n) is 12.5. The van der Waals surface area contributed by atoms with Crippen LogP contribution < -0.4 is 9.80 Å². The van der Waals surface area contributed by atoms with Crippen molar-refractivity contribution in [2.24, 2.45) is 0 Å². The lowest BCUT2D eigenvalue weighted by molar-refractivity contribution is 0.332. The first-order valence-corrected chi connectivity index (χ1v) is 19.8. The van der Waals surface area contributed by atoms with Crippen LogP contribution in [-0.2, 0) is 16.2 Å². The Morgan fingerprint density at radius 3 is 1.45 bits per heavy atom. The summed E-state index contributed by atoms with van der Waals surface area (Å²) in [4.78, 5) is 4.82. The first-order valence-electron chi connectivity index (χ1n) is 19.8. The normalized spacial score (nSPS) is 15.7. The molecule has 7 aromatic rings. The van der Waals surface area contributed by atoms with Gasteiger partial charge in [-0.2, -0.15) is 0 Å². The van der Waals surface area contributed by atoms with Gasteiger partial charge in [0.25, 0.3) is 0 Å². The van der Waals surface area contributed by atoms with E-state index < -0.39 is 0 Å². The van der Waals surface area contributed by atoms with Crippen molar-refractivity contribution in [1.82, 2.24) is 0 Å². The molecular weight excluding hydrogens is 665 g/mol. The van der Waals surface area contributed by atoms with Gasteiger partial charge in [-0.25, -0.2) is 0 Å². The van der Waals surface area contributed by atoms with E-state index >= 15 is 0 Å². The Morgan fingerprint density at radius 2 is 0.836 bits per heavy atom. The van der Waals surface area contributed by atoms with Gasteiger partial charge in [0.05, 0.1) is 5.69 Å². The minimum Gasteiger partial charge on any atom is -0.310 e. The van der Waals surface area contributed by atoms with Gasteiger partial charge in [-0.1, -0.05) is 145 Å². The van der Waals surface area contributed by atoms with Crippen LogP contribution in [0.5, 0.6) is 0 Å². The molecule has 0 amide bonds. The third kappa shape index (κ3) is 5.96. The minimum atomic E-state index is -0.0657. The number of fused-ring (bicyclic) bond motifs is 4. The molecule has 0 radical (unpaired) electrons. The van der Waals surface area contributed by atoms with E-state index in [1.807, 2.05) is 0 Å². The summed E-state index contributed by atoms with van der Waals surface area (Å²) in [5.41, 5.74) is 18.0. The molecule has 7 aromatic carbocycles. The third-order valence-corrected chi connectivity index (χ3v) is 12.5. The van der Waals surface area contributed by atoms with Crippen molar-refractivity contribution in [3.63, 3.8) is 0 Å². The molecule has 2 heteroatoms. The fourth-order valence-corrected chi connectivity index (χ4v) is 9.27.